The first-order valence-electron chi connectivity index (χ1n) is 17.2. The Hall–Kier alpha value is -7.18. The first-order chi connectivity index (χ1) is 25.7. The average molecular weight is 668 g/mol. The van der Waals surface area contributed by atoms with Crippen LogP contribution in [-0.4, -0.2) is 24.5 Å². The Kier molecular flexibility index (Phi) is 7.03. The fourth-order valence-electron chi connectivity index (χ4n) is 6.93. The zero-order valence-corrected chi connectivity index (χ0v) is 27.9. The van der Waals surface area contributed by atoms with Gasteiger partial charge in [0.2, 0.25) is 11.8 Å². The predicted octanol–water partition coefficient (Wildman–Crippen LogP) is 11.4. The van der Waals surface area contributed by atoms with Gasteiger partial charge in [0.1, 0.15) is 5.52 Å². The molecule has 0 amide bonds. The number of benzene rings is 7. The van der Waals surface area contributed by atoms with E-state index >= 15 is 0 Å². The van der Waals surface area contributed by atoms with E-state index in [2.05, 4.69) is 120 Å². The molecule has 0 unspecified atom stereocenters. The maximum Gasteiger partial charge on any atom is 0.238 e. The van der Waals surface area contributed by atoms with Gasteiger partial charge in [0.15, 0.2) is 17.2 Å². The summed E-state index contributed by atoms with van der Waals surface area (Å²) in [6.45, 7) is 0. The molecule has 0 radical (unpaired) electrons. The lowest BCUT2D eigenvalue weighted by Gasteiger charge is -2.11. The summed E-state index contributed by atoms with van der Waals surface area (Å²) in [6, 6.07) is 60.1. The van der Waals surface area contributed by atoms with Crippen LogP contribution >= 0.6 is 0 Å². The molecule has 0 spiro atoms. The fraction of sp³-hybridized carbons (Fsp3) is 0. The standard InChI is InChI=1S/C46H29N5O/c1-4-12-30(13-5-1)32-20-22-33(23-21-32)43-48-44(36-25-27-42-39(29-36)47-45(52-42)34-16-8-3-9-17-34)50-46(49-43)51-40-19-11-10-18-37(40)38-28-35(24-26-41(38)51)31-14-6-2-7-15-31/h1-29H. The van der Waals surface area contributed by atoms with Crippen molar-refractivity contribution in [1.82, 2.24) is 24.5 Å². The van der Waals surface area contributed by atoms with Crippen LogP contribution in [0.25, 0.3) is 95.3 Å². The van der Waals surface area contributed by atoms with Crippen molar-refractivity contribution in [3.05, 3.63) is 176 Å². The molecule has 0 aliphatic heterocycles. The summed E-state index contributed by atoms with van der Waals surface area (Å²) in [7, 11) is 0. The molecule has 10 aromatic rings. The molecule has 6 heteroatoms. The fourth-order valence-corrected chi connectivity index (χ4v) is 6.93. The molecule has 52 heavy (non-hydrogen) atoms. The molecule has 0 saturated carbocycles. The average Bonchev–Trinajstić information content (AvgIpc) is 3.81. The Morgan fingerprint density at radius 3 is 1.63 bits per heavy atom. The normalized spacial score (nSPS) is 11.5. The van der Waals surface area contributed by atoms with Crippen LogP contribution in [-0.2, 0) is 0 Å². The van der Waals surface area contributed by atoms with Gasteiger partial charge in [-0.2, -0.15) is 9.97 Å². The second-order valence-electron chi connectivity index (χ2n) is 12.7. The molecule has 0 saturated heterocycles. The van der Waals surface area contributed by atoms with Crippen molar-refractivity contribution in [1.29, 1.82) is 0 Å². The minimum atomic E-state index is 0.538. The molecule has 10 rings (SSSR count). The molecule has 0 atom stereocenters. The lowest BCUT2D eigenvalue weighted by molar-refractivity contribution is 0.620. The van der Waals surface area contributed by atoms with Crippen molar-refractivity contribution in [2.45, 2.75) is 0 Å². The van der Waals surface area contributed by atoms with Crippen molar-refractivity contribution in [3.8, 4) is 62.4 Å². The van der Waals surface area contributed by atoms with E-state index in [1.807, 2.05) is 60.7 Å². The highest BCUT2D eigenvalue weighted by molar-refractivity contribution is 6.10. The van der Waals surface area contributed by atoms with Crippen LogP contribution in [0.4, 0.5) is 0 Å². The van der Waals surface area contributed by atoms with E-state index in [1.54, 1.807) is 0 Å². The lowest BCUT2D eigenvalue weighted by Crippen LogP contribution is -2.06. The SMILES string of the molecule is c1ccc(-c2ccc(-c3nc(-c4ccc5oc(-c6ccccc6)nc5c4)nc(-n4c5ccccc5c5cc(-c6ccccc6)ccc54)n3)cc2)cc1. The monoisotopic (exact) mass is 667 g/mol. The molecule has 0 bridgehead atoms. The Balaban J connectivity index is 1.16. The Morgan fingerprint density at radius 1 is 0.365 bits per heavy atom. The van der Waals surface area contributed by atoms with E-state index in [0.29, 0.717) is 29.1 Å². The largest absolute Gasteiger partial charge is 0.436 e. The van der Waals surface area contributed by atoms with Gasteiger partial charge in [0.25, 0.3) is 0 Å². The van der Waals surface area contributed by atoms with Crippen LogP contribution in [0.3, 0.4) is 0 Å². The molecule has 0 fully saturated rings. The first kappa shape index (κ1) is 29.7. The number of fused-ring (bicyclic) bond motifs is 4. The highest BCUT2D eigenvalue weighted by Crippen LogP contribution is 2.36. The number of aromatic nitrogens is 5. The molecule has 7 aromatic carbocycles. The van der Waals surface area contributed by atoms with Gasteiger partial charge in [-0.25, -0.2) is 9.97 Å². The van der Waals surface area contributed by atoms with E-state index in [4.69, 9.17) is 24.4 Å². The maximum absolute atomic E-state index is 6.14. The van der Waals surface area contributed by atoms with E-state index < -0.39 is 0 Å². The zero-order chi connectivity index (χ0) is 34.4. The lowest BCUT2D eigenvalue weighted by atomic mass is 10.0. The summed E-state index contributed by atoms with van der Waals surface area (Å²) < 4.78 is 8.29. The minimum absolute atomic E-state index is 0.538. The quantitative estimate of drug-likeness (QED) is 0.176. The summed E-state index contributed by atoms with van der Waals surface area (Å²) in [5.74, 6) is 2.24. The predicted molar refractivity (Wildman–Crippen MR) is 209 cm³/mol. The number of nitrogens with zero attached hydrogens (tertiary/aromatic N) is 5. The van der Waals surface area contributed by atoms with Crippen molar-refractivity contribution in [3.63, 3.8) is 0 Å². The number of hydrogen-bond donors (Lipinski definition) is 0. The molecular formula is C46H29N5O. The third-order valence-electron chi connectivity index (χ3n) is 9.52. The second-order valence-corrected chi connectivity index (χ2v) is 12.7. The summed E-state index contributed by atoms with van der Waals surface area (Å²) in [5, 5.41) is 2.26. The molecule has 244 valence electrons. The molecule has 0 N–H and O–H groups in total. The summed E-state index contributed by atoms with van der Waals surface area (Å²) in [6.07, 6.45) is 0. The Morgan fingerprint density at radius 2 is 0.904 bits per heavy atom. The van der Waals surface area contributed by atoms with Gasteiger partial charge in [0, 0.05) is 27.5 Å². The molecule has 6 nitrogen and oxygen atoms in total. The van der Waals surface area contributed by atoms with Gasteiger partial charge >= 0.3 is 0 Å². The van der Waals surface area contributed by atoms with Crippen LogP contribution in [0.5, 0.6) is 0 Å². The number of oxazole rings is 1. The smallest absolute Gasteiger partial charge is 0.238 e. The topological polar surface area (TPSA) is 69.6 Å². The summed E-state index contributed by atoms with van der Waals surface area (Å²) in [4.78, 5) is 20.2. The minimum Gasteiger partial charge on any atom is -0.436 e. The van der Waals surface area contributed by atoms with E-state index in [0.717, 1.165) is 60.7 Å². The highest BCUT2D eigenvalue weighted by atomic mass is 16.3. The molecule has 3 aromatic heterocycles. The first-order valence-corrected chi connectivity index (χ1v) is 17.2. The zero-order valence-electron chi connectivity index (χ0n) is 27.9. The second kappa shape index (κ2) is 12.3. The number of para-hydroxylation sites is 1. The molecular weight excluding hydrogens is 639 g/mol. The van der Waals surface area contributed by atoms with Gasteiger partial charge in [-0.3, -0.25) is 4.57 Å². The van der Waals surface area contributed by atoms with Crippen LogP contribution in [0.2, 0.25) is 0 Å². The third-order valence-corrected chi connectivity index (χ3v) is 9.52. The van der Waals surface area contributed by atoms with E-state index in [1.165, 1.54) is 5.56 Å². The number of hydrogen-bond acceptors (Lipinski definition) is 5. The van der Waals surface area contributed by atoms with Gasteiger partial charge in [-0.1, -0.05) is 127 Å². The Bertz CT molecular complexity index is 2880. The summed E-state index contributed by atoms with van der Waals surface area (Å²) in [5.41, 5.74) is 10.7. The molecule has 0 aliphatic carbocycles. The maximum atomic E-state index is 6.14. The van der Waals surface area contributed by atoms with Crippen molar-refractivity contribution < 1.29 is 4.42 Å². The van der Waals surface area contributed by atoms with Crippen LogP contribution in [0, 0.1) is 0 Å². The van der Waals surface area contributed by atoms with Crippen LogP contribution in [0.1, 0.15) is 0 Å². The van der Waals surface area contributed by atoms with Crippen molar-refractivity contribution in [2.75, 3.05) is 0 Å². The van der Waals surface area contributed by atoms with Crippen LogP contribution in [0.15, 0.2) is 180 Å². The van der Waals surface area contributed by atoms with E-state index in [9.17, 15) is 0 Å². The molecule has 0 aliphatic rings. The van der Waals surface area contributed by atoms with Gasteiger partial charge < -0.3 is 4.42 Å². The van der Waals surface area contributed by atoms with E-state index in [-0.39, 0.29) is 0 Å². The van der Waals surface area contributed by atoms with Crippen LogP contribution < -0.4 is 0 Å². The highest BCUT2D eigenvalue weighted by Gasteiger charge is 2.19. The van der Waals surface area contributed by atoms with Crippen molar-refractivity contribution in [2.24, 2.45) is 0 Å². The van der Waals surface area contributed by atoms with Crippen molar-refractivity contribution >= 4 is 32.9 Å². The third kappa shape index (κ3) is 5.22. The molecule has 3 heterocycles. The van der Waals surface area contributed by atoms with Gasteiger partial charge in [-0.15, -0.1) is 0 Å². The summed E-state index contributed by atoms with van der Waals surface area (Å²) >= 11 is 0. The Labute approximate surface area is 299 Å². The van der Waals surface area contributed by atoms with Gasteiger partial charge in [-0.05, 0) is 70.8 Å². The van der Waals surface area contributed by atoms with Gasteiger partial charge in [0.05, 0.1) is 11.0 Å². The number of rotatable bonds is 6.